The number of rotatable bonds is 6. The lowest BCUT2D eigenvalue weighted by Crippen LogP contribution is -2.72. The van der Waals surface area contributed by atoms with Gasteiger partial charge in [-0.3, -0.25) is 9.69 Å². The molecule has 7 heteroatoms. The van der Waals surface area contributed by atoms with Gasteiger partial charge in [-0.25, -0.2) is 14.5 Å². The number of nitrogens with zero attached hydrogens (tertiary/aromatic N) is 2. The highest BCUT2D eigenvalue weighted by Gasteiger charge is 2.58. The van der Waals surface area contributed by atoms with Gasteiger partial charge < -0.3 is 9.47 Å². The molecule has 0 aliphatic carbocycles. The Kier molecular flexibility index (Phi) is 6.55. The first kappa shape index (κ1) is 24.4. The zero-order chi connectivity index (χ0) is 26.8. The van der Waals surface area contributed by atoms with Crippen LogP contribution in [0.2, 0.25) is 0 Å². The van der Waals surface area contributed by atoms with Gasteiger partial charge in [0.05, 0.1) is 12.1 Å². The molecule has 0 aromatic heterocycles. The summed E-state index contributed by atoms with van der Waals surface area (Å²) in [7, 11) is 0. The Morgan fingerprint density at radius 3 is 2.36 bits per heavy atom. The number of carbonyl (C=O) groups is 3. The summed E-state index contributed by atoms with van der Waals surface area (Å²) in [6.07, 6.45) is 2.93. The molecule has 3 atom stereocenters. The van der Waals surface area contributed by atoms with Crippen molar-refractivity contribution in [1.29, 1.82) is 0 Å². The van der Waals surface area contributed by atoms with Crippen molar-refractivity contribution in [3.05, 3.63) is 120 Å². The number of fused-ring (bicyclic) bond motifs is 1. The molecule has 4 aromatic carbocycles. The number of para-hydroxylation sites is 1. The molecule has 2 heterocycles. The molecule has 4 aromatic rings. The Labute approximate surface area is 225 Å². The van der Waals surface area contributed by atoms with Gasteiger partial charge in [-0.2, -0.15) is 0 Å². The maximum absolute atomic E-state index is 13.5. The largest absolute Gasteiger partial charge is 0.447 e. The van der Waals surface area contributed by atoms with E-state index in [0.717, 1.165) is 26.8 Å². The van der Waals surface area contributed by atoms with E-state index in [1.165, 1.54) is 4.90 Å². The summed E-state index contributed by atoms with van der Waals surface area (Å²) in [4.78, 5) is 42.1. The second kappa shape index (κ2) is 10.5. The van der Waals surface area contributed by atoms with Crippen molar-refractivity contribution in [3.8, 4) is 5.75 Å². The summed E-state index contributed by atoms with van der Waals surface area (Å²) in [6.45, 7) is 0.139. The van der Waals surface area contributed by atoms with E-state index in [9.17, 15) is 14.4 Å². The Hall–Kier alpha value is -4.91. The number of cyclic esters (lactones) is 1. The molecule has 0 spiro atoms. The van der Waals surface area contributed by atoms with Crippen molar-refractivity contribution < 1.29 is 23.9 Å². The first-order chi connectivity index (χ1) is 19.1. The van der Waals surface area contributed by atoms with Crippen molar-refractivity contribution in [2.75, 3.05) is 6.61 Å². The molecular weight excluding hydrogens is 492 g/mol. The molecular formula is C32H26N2O5. The van der Waals surface area contributed by atoms with E-state index in [-0.39, 0.29) is 6.61 Å². The van der Waals surface area contributed by atoms with Crippen LogP contribution in [0.3, 0.4) is 0 Å². The quantitative estimate of drug-likeness (QED) is 0.284. The van der Waals surface area contributed by atoms with Gasteiger partial charge in [-0.1, -0.05) is 103 Å². The Balaban J connectivity index is 1.30. The van der Waals surface area contributed by atoms with Crippen LogP contribution in [0.5, 0.6) is 5.75 Å². The predicted molar refractivity (Wildman–Crippen MR) is 147 cm³/mol. The van der Waals surface area contributed by atoms with Crippen LogP contribution in [0.15, 0.2) is 109 Å². The van der Waals surface area contributed by atoms with E-state index < -0.39 is 36.2 Å². The normalized spacial score (nSPS) is 20.8. The van der Waals surface area contributed by atoms with Gasteiger partial charge in [0.2, 0.25) is 0 Å². The van der Waals surface area contributed by atoms with Crippen LogP contribution in [-0.4, -0.2) is 46.6 Å². The molecule has 7 nitrogen and oxygen atoms in total. The van der Waals surface area contributed by atoms with Crippen LogP contribution in [0.1, 0.15) is 23.6 Å². The highest BCUT2D eigenvalue weighted by molar-refractivity contribution is 6.03. The summed E-state index contributed by atoms with van der Waals surface area (Å²) in [6, 6.07) is 30.3. The molecule has 0 unspecified atom stereocenters. The van der Waals surface area contributed by atoms with Crippen molar-refractivity contribution in [2.45, 2.75) is 24.5 Å². The molecule has 0 N–H and O–H groups in total. The number of likely N-dealkylation sites (tertiary alicyclic amines) is 1. The lowest BCUT2D eigenvalue weighted by Gasteiger charge is -2.48. The summed E-state index contributed by atoms with van der Waals surface area (Å²) < 4.78 is 10.9. The molecule has 2 fully saturated rings. The second-order valence-corrected chi connectivity index (χ2v) is 9.52. The van der Waals surface area contributed by atoms with Gasteiger partial charge >= 0.3 is 12.2 Å². The zero-order valence-corrected chi connectivity index (χ0v) is 21.1. The Morgan fingerprint density at radius 2 is 1.56 bits per heavy atom. The molecule has 2 aliphatic heterocycles. The standard InChI is InChI=1S/C32H26N2O5/c35-30-29(33-28(21-38-31(33)36)24-12-3-1-4-13-24)27(34(30)32(37)39-25-17-5-2-6-18-25)20-10-16-23-15-9-14-22-11-7-8-19-26(22)23/h1-19,27-29H,20-21H2/b16-10+/t27-,28-,29-/m1/s1. The minimum atomic E-state index is -0.856. The Bertz CT molecular complexity index is 1550. The topological polar surface area (TPSA) is 76.2 Å². The molecule has 6 rings (SSSR count). The number of imide groups is 1. The zero-order valence-electron chi connectivity index (χ0n) is 21.1. The van der Waals surface area contributed by atoms with Crippen LogP contribution in [-0.2, 0) is 9.53 Å². The summed E-state index contributed by atoms with van der Waals surface area (Å²) in [5.74, 6) is -0.147. The number of carbonyl (C=O) groups excluding carboxylic acids is 3. The van der Waals surface area contributed by atoms with E-state index >= 15 is 0 Å². The number of hydrogen-bond donors (Lipinski definition) is 0. The SMILES string of the molecule is O=C(Oc1ccccc1)N1C(=O)[C@H](N2C(=O)OC[C@@H]2c2ccccc2)[C@H]1C/C=C/c1cccc2ccccc12. The van der Waals surface area contributed by atoms with Gasteiger partial charge in [-0.15, -0.1) is 0 Å². The fourth-order valence-electron chi connectivity index (χ4n) is 5.33. The van der Waals surface area contributed by atoms with Crippen LogP contribution in [0, 0.1) is 0 Å². The fraction of sp³-hybridized carbons (Fsp3) is 0.156. The average Bonchev–Trinajstić information content (AvgIpc) is 3.34. The molecule has 0 saturated carbocycles. The van der Waals surface area contributed by atoms with E-state index in [4.69, 9.17) is 9.47 Å². The minimum absolute atomic E-state index is 0.139. The predicted octanol–water partition coefficient (Wildman–Crippen LogP) is 6.22. The number of amides is 3. The van der Waals surface area contributed by atoms with E-state index in [0.29, 0.717) is 12.2 Å². The molecule has 2 saturated heterocycles. The summed E-state index contributed by atoms with van der Waals surface area (Å²) in [5.41, 5.74) is 1.89. The molecule has 0 radical (unpaired) electrons. The average molecular weight is 519 g/mol. The molecule has 194 valence electrons. The summed E-state index contributed by atoms with van der Waals surface area (Å²) >= 11 is 0. The molecule has 3 amide bonds. The van der Waals surface area contributed by atoms with Crippen molar-refractivity contribution in [3.63, 3.8) is 0 Å². The maximum atomic E-state index is 13.5. The molecule has 39 heavy (non-hydrogen) atoms. The lowest BCUT2D eigenvalue weighted by atomic mass is 9.89. The van der Waals surface area contributed by atoms with Gasteiger partial charge in [0.15, 0.2) is 0 Å². The van der Waals surface area contributed by atoms with Gasteiger partial charge in [0, 0.05) is 0 Å². The number of hydrogen-bond acceptors (Lipinski definition) is 5. The van der Waals surface area contributed by atoms with Crippen molar-refractivity contribution in [1.82, 2.24) is 9.80 Å². The van der Waals surface area contributed by atoms with Crippen molar-refractivity contribution >= 4 is 34.9 Å². The molecule has 0 bridgehead atoms. The van der Waals surface area contributed by atoms with Crippen LogP contribution in [0.25, 0.3) is 16.8 Å². The minimum Gasteiger partial charge on any atom is -0.447 e. The first-order valence-electron chi connectivity index (χ1n) is 12.9. The number of ether oxygens (including phenoxy) is 2. The summed E-state index contributed by atoms with van der Waals surface area (Å²) in [5, 5.41) is 2.22. The lowest BCUT2D eigenvalue weighted by molar-refractivity contribution is -0.152. The fourth-order valence-corrected chi connectivity index (χ4v) is 5.33. The first-order valence-corrected chi connectivity index (χ1v) is 12.9. The highest BCUT2D eigenvalue weighted by atomic mass is 16.6. The highest BCUT2D eigenvalue weighted by Crippen LogP contribution is 2.38. The number of β-lactam (4-membered cyclic amide) rings is 1. The third-order valence-corrected chi connectivity index (χ3v) is 7.23. The second-order valence-electron chi connectivity index (χ2n) is 9.52. The van der Waals surface area contributed by atoms with Crippen LogP contribution < -0.4 is 4.74 Å². The van der Waals surface area contributed by atoms with Crippen molar-refractivity contribution in [2.24, 2.45) is 0 Å². The van der Waals surface area contributed by atoms with Crippen LogP contribution in [0.4, 0.5) is 9.59 Å². The van der Waals surface area contributed by atoms with Gasteiger partial charge in [0.1, 0.15) is 18.4 Å². The maximum Gasteiger partial charge on any atom is 0.422 e. The third kappa shape index (κ3) is 4.63. The Morgan fingerprint density at radius 1 is 0.872 bits per heavy atom. The van der Waals surface area contributed by atoms with E-state index in [1.807, 2.05) is 72.8 Å². The van der Waals surface area contributed by atoms with E-state index in [1.54, 1.807) is 24.3 Å². The smallest absolute Gasteiger partial charge is 0.422 e. The number of benzene rings is 4. The third-order valence-electron chi connectivity index (χ3n) is 7.23. The molecule has 2 aliphatic rings. The van der Waals surface area contributed by atoms with Gasteiger partial charge in [0.25, 0.3) is 5.91 Å². The van der Waals surface area contributed by atoms with Crippen LogP contribution >= 0.6 is 0 Å². The van der Waals surface area contributed by atoms with Gasteiger partial charge in [-0.05, 0) is 40.5 Å². The van der Waals surface area contributed by atoms with E-state index in [2.05, 4.69) is 18.2 Å². The monoisotopic (exact) mass is 518 g/mol.